The van der Waals surface area contributed by atoms with Crippen LogP contribution in [-0.4, -0.2) is 9.97 Å². The van der Waals surface area contributed by atoms with Crippen LogP contribution in [0.5, 0.6) is 0 Å². The Labute approximate surface area is 117 Å². The summed E-state index contributed by atoms with van der Waals surface area (Å²) in [7, 11) is 0. The molecule has 0 bridgehead atoms. The Morgan fingerprint density at radius 1 is 1.18 bits per heavy atom. The molecule has 2 rings (SSSR count). The van der Waals surface area contributed by atoms with Crippen LogP contribution in [0.25, 0.3) is 0 Å². The first-order valence-electron chi connectivity index (χ1n) is 5.22. The highest BCUT2D eigenvalue weighted by Gasteiger charge is 2.03. The SMILES string of the molecule is CCc1cc(Br)ccc1Nc1cc(Br)ncn1. The van der Waals surface area contributed by atoms with Crippen molar-refractivity contribution in [2.24, 2.45) is 0 Å². The average molecular weight is 357 g/mol. The minimum absolute atomic E-state index is 0.769. The summed E-state index contributed by atoms with van der Waals surface area (Å²) in [5.41, 5.74) is 2.32. The zero-order valence-electron chi connectivity index (χ0n) is 9.24. The molecule has 3 nitrogen and oxygen atoms in total. The molecule has 0 fully saturated rings. The van der Waals surface area contributed by atoms with E-state index >= 15 is 0 Å². The third-order valence-electron chi connectivity index (χ3n) is 2.34. The molecule has 1 heterocycles. The zero-order chi connectivity index (χ0) is 12.3. The van der Waals surface area contributed by atoms with Gasteiger partial charge in [-0.15, -0.1) is 0 Å². The molecule has 88 valence electrons. The van der Waals surface area contributed by atoms with Crippen LogP contribution in [0.4, 0.5) is 11.5 Å². The molecule has 0 saturated heterocycles. The van der Waals surface area contributed by atoms with E-state index in [1.807, 2.05) is 18.2 Å². The van der Waals surface area contributed by atoms with E-state index in [1.165, 1.54) is 11.9 Å². The molecular formula is C12H11Br2N3. The van der Waals surface area contributed by atoms with E-state index in [-0.39, 0.29) is 0 Å². The van der Waals surface area contributed by atoms with Gasteiger partial charge in [-0.25, -0.2) is 9.97 Å². The predicted octanol–water partition coefficient (Wildman–Crippen LogP) is 4.31. The second-order valence-electron chi connectivity index (χ2n) is 3.51. The van der Waals surface area contributed by atoms with Gasteiger partial charge in [0.25, 0.3) is 0 Å². The standard InChI is InChI=1S/C12H11Br2N3/c1-2-8-5-9(13)3-4-10(8)17-12-6-11(14)15-7-16-12/h3-7H,2H2,1H3,(H,15,16,17). The first kappa shape index (κ1) is 12.5. The highest BCUT2D eigenvalue weighted by Crippen LogP contribution is 2.24. The number of nitrogens with zero attached hydrogens (tertiary/aromatic N) is 2. The van der Waals surface area contributed by atoms with Crippen molar-refractivity contribution in [3.05, 3.63) is 45.2 Å². The van der Waals surface area contributed by atoms with E-state index in [0.717, 1.165) is 27.0 Å². The fourth-order valence-corrected chi connectivity index (χ4v) is 2.23. The Balaban J connectivity index is 2.29. The van der Waals surface area contributed by atoms with Crippen molar-refractivity contribution in [1.29, 1.82) is 0 Å². The van der Waals surface area contributed by atoms with Crippen molar-refractivity contribution in [1.82, 2.24) is 9.97 Å². The van der Waals surface area contributed by atoms with Gasteiger partial charge in [0.05, 0.1) is 0 Å². The average Bonchev–Trinajstić information content (AvgIpc) is 2.31. The van der Waals surface area contributed by atoms with Crippen LogP contribution in [-0.2, 0) is 6.42 Å². The van der Waals surface area contributed by atoms with Crippen molar-refractivity contribution in [2.75, 3.05) is 5.32 Å². The largest absolute Gasteiger partial charge is 0.340 e. The Hall–Kier alpha value is -0.940. The maximum Gasteiger partial charge on any atom is 0.134 e. The van der Waals surface area contributed by atoms with Crippen LogP contribution in [0.3, 0.4) is 0 Å². The molecule has 1 N–H and O–H groups in total. The maximum atomic E-state index is 4.17. The van der Waals surface area contributed by atoms with E-state index < -0.39 is 0 Å². The smallest absolute Gasteiger partial charge is 0.134 e. The molecular weight excluding hydrogens is 346 g/mol. The van der Waals surface area contributed by atoms with E-state index in [2.05, 4.69) is 60.1 Å². The molecule has 0 unspecified atom stereocenters. The highest BCUT2D eigenvalue weighted by molar-refractivity contribution is 9.10. The highest BCUT2D eigenvalue weighted by atomic mass is 79.9. The molecule has 1 aromatic heterocycles. The van der Waals surface area contributed by atoms with Crippen molar-refractivity contribution in [3.8, 4) is 0 Å². The van der Waals surface area contributed by atoms with Crippen LogP contribution in [0.1, 0.15) is 12.5 Å². The van der Waals surface area contributed by atoms with Crippen molar-refractivity contribution in [3.63, 3.8) is 0 Å². The summed E-state index contributed by atoms with van der Waals surface area (Å²) in [6.07, 6.45) is 2.49. The number of halogens is 2. The Bertz CT molecular complexity index is 529. The molecule has 0 amide bonds. The number of benzene rings is 1. The second kappa shape index (κ2) is 5.60. The van der Waals surface area contributed by atoms with Gasteiger partial charge < -0.3 is 5.32 Å². The van der Waals surface area contributed by atoms with Crippen LogP contribution in [0, 0.1) is 0 Å². The van der Waals surface area contributed by atoms with E-state index in [9.17, 15) is 0 Å². The van der Waals surface area contributed by atoms with Gasteiger partial charge in [0.15, 0.2) is 0 Å². The molecule has 1 aromatic carbocycles. The van der Waals surface area contributed by atoms with Crippen LogP contribution < -0.4 is 5.32 Å². The Morgan fingerprint density at radius 3 is 2.71 bits per heavy atom. The van der Waals surface area contributed by atoms with Gasteiger partial charge in [-0.1, -0.05) is 22.9 Å². The normalized spacial score (nSPS) is 10.3. The molecule has 0 aliphatic rings. The fraction of sp³-hybridized carbons (Fsp3) is 0.167. The molecule has 0 spiro atoms. The molecule has 0 radical (unpaired) electrons. The number of nitrogens with one attached hydrogen (secondary N) is 1. The monoisotopic (exact) mass is 355 g/mol. The van der Waals surface area contributed by atoms with Gasteiger partial charge in [0, 0.05) is 16.2 Å². The summed E-state index contributed by atoms with van der Waals surface area (Å²) in [4.78, 5) is 8.16. The molecule has 0 saturated carbocycles. The number of aromatic nitrogens is 2. The molecule has 17 heavy (non-hydrogen) atoms. The quantitative estimate of drug-likeness (QED) is 0.833. The predicted molar refractivity (Wildman–Crippen MR) is 76.5 cm³/mol. The molecule has 2 aromatic rings. The zero-order valence-corrected chi connectivity index (χ0v) is 12.4. The minimum Gasteiger partial charge on any atom is -0.340 e. The second-order valence-corrected chi connectivity index (χ2v) is 5.23. The first-order valence-corrected chi connectivity index (χ1v) is 6.80. The van der Waals surface area contributed by atoms with Crippen LogP contribution in [0.15, 0.2) is 39.7 Å². The topological polar surface area (TPSA) is 37.8 Å². The maximum absolute atomic E-state index is 4.17. The van der Waals surface area contributed by atoms with Gasteiger partial charge in [0.1, 0.15) is 16.7 Å². The third-order valence-corrected chi connectivity index (χ3v) is 3.27. The number of rotatable bonds is 3. The summed E-state index contributed by atoms with van der Waals surface area (Å²) < 4.78 is 1.86. The lowest BCUT2D eigenvalue weighted by molar-refractivity contribution is 1.12. The Morgan fingerprint density at radius 2 is 2.00 bits per heavy atom. The van der Waals surface area contributed by atoms with E-state index in [0.29, 0.717) is 0 Å². The summed E-state index contributed by atoms with van der Waals surface area (Å²) in [6.45, 7) is 2.13. The fourth-order valence-electron chi connectivity index (χ4n) is 1.52. The lowest BCUT2D eigenvalue weighted by Crippen LogP contribution is -1.97. The number of hydrogen-bond donors (Lipinski definition) is 1. The van der Waals surface area contributed by atoms with Gasteiger partial charge >= 0.3 is 0 Å². The third kappa shape index (κ3) is 3.26. The summed E-state index contributed by atoms with van der Waals surface area (Å²) in [5.74, 6) is 0.781. The minimum atomic E-state index is 0.769. The van der Waals surface area contributed by atoms with Crippen molar-refractivity contribution < 1.29 is 0 Å². The summed E-state index contributed by atoms with van der Waals surface area (Å²) >= 11 is 6.80. The van der Waals surface area contributed by atoms with Gasteiger partial charge in [-0.3, -0.25) is 0 Å². The lowest BCUT2D eigenvalue weighted by Gasteiger charge is -2.10. The summed E-state index contributed by atoms with van der Waals surface area (Å²) in [6, 6.07) is 8.01. The van der Waals surface area contributed by atoms with Gasteiger partial charge in [-0.2, -0.15) is 0 Å². The molecule has 5 heteroatoms. The summed E-state index contributed by atoms with van der Waals surface area (Å²) in [5, 5.41) is 3.29. The van der Waals surface area contributed by atoms with Crippen molar-refractivity contribution in [2.45, 2.75) is 13.3 Å². The Kier molecular flexibility index (Phi) is 4.12. The van der Waals surface area contributed by atoms with Crippen LogP contribution in [0.2, 0.25) is 0 Å². The first-order chi connectivity index (χ1) is 8.19. The van der Waals surface area contributed by atoms with Crippen molar-refractivity contribution >= 4 is 43.4 Å². The molecule has 0 aliphatic carbocycles. The number of aryl methyl sites for hydroxylation is 1. The number of hydrogen-bond acceptors (Lipinski definition) is 3. The van der Waals surface area contributed by atoms with Crippen LogP contribution >= 0.6 is 31.9 Å². The number of anilines is 2. The molecule has 0 aliphatic heterocycles. The van der Waals surface area contributed by atoms with E-state index in [4.69, 9.17) is 0 Å². The van der Waals surface area contributed by atoms with Gasteiger partial charge in [0.2, 0.25) is 0 Å². The molecule has 0 atom stereocenters. The lowest BCUT2D eigenvalue weighted by atomic mass is 10.1. The van der Waals surface area contributed by atoms with E-state index in [1.54, 1.807) is 0 Å². The van der Waals surface area contributed by atoms with Gasteiger partial charge in [-0.05, 0) is 46.1 Å².